The Hall–Kier alpha value is -0.510. The summed E-state index contributed by atoms with van der Waals surface area (Å²) in [4.78, 5) is 22.2. The van der Waals surface area contributed by atoms with Crippen LogP contribution in [-0.2, 0) is 14.3 Å². The number of carbonyl (C=O) groups excluding carboxylic acids is 2. The summed E-state index contributed by atoms with van der Waals surface area (Å²) in [7, 11) is 0. The molecule has 2 fully saturated rings. The lowest BCUT2D eigenvalue weighted by Gasteiger charge is -2.27. The lowest BCUT2D eigenvalue weighted by atomic mass is 9.83. The maximum atomic E-state index is 11.3. The predicted molar refractivity (Wildman–Crippen MR) is 44.7 cm³/mol. The summed E-state index contributed by atoms with van der Waals surface area (Å²) >= 11 is 1.74. The Kier molecular flexibility index (Phi) is 1.87. The van der Waals surface area contributed by atoms with Gasteiger partial charge in [0.2, 0.25) is 0 Å². The average Bonchev–Trinajstić information content (AvgIpc) is 2.29. The summed E-state index contributed by atoms with van der Waals surface area (Å²) in [6.07, 6.45) is 2.15. The van der Waals surface area contributed by atoms with Crippen molar-refractivity contribution >= 4 is 23.7 Å². The molecule has 2 aliphatic heterocycles. The minimum absolute atomic E-state index is 0.292. The van der Waals surface area contributed by atoms with Gasteiger partial charge >= 0.3 is 11.9 Å². The molecule has 2 saturated heterocycles. The van der Waals surface area contributed by atoms with Gasteiger partial charge in [0.25, 0.3) is 0 Å². The Labute approximate surface area is 74.8 Å². The quantitative estimate of drug-likeness (QED) is 0.417. The zero-order chi connectivity index (χ0) is 8.60. The van der Waals surface area contributed by atoms with Gasteiger partial charge in [-0.2, -0.15) is 11.8 Å². The number of hydrogen-bond acceptors (Lipinski definition) is 4. The second-order valence-corrected chi connectivity index (χ2v) is 4.48. The van der Waals surface area contributed by atoms with Gasteiger partial charge in [0.05, 0.1) is 11.8 Å². The number of carbonyl (C=O) groups is 2. The van der Waals surface area contributed by atoms with E-state index in [0.717, 1.165) is 24.3 Å². The van der Waals surface area contributed by atoms with Crippen molar-refractivity contribution in [2.24, 2.45) is 5.41 Å². The van der Waals surface area contributed by atoms with Gasteiger partial charge in [-0.05, 0) is 18.6 Å². The van der Waals surface area contributed by atoms with Gasteiger partial charge in [-0.1, -0.05) is 0 Å². The van der Waals surface area contributed by atoms with E-state index in [9.17, 15) is 9.59 Å². The molecular formula is C8H10O3S. The van der Waals surface area contributed by atoms with E-state index in [-0.39, 0.29) is 11.9 Å². The Morgan fingerprint density at radius 2 is 2.25 bits per heavy atom. The SMILES string of the molecule is O=C1CC2(CCCSC2)C(=O)O1. The van der Waals surface area contributed by atoms with Gasteiger partial charge < -0.3 is 4.74 Å². The molecule has 2 heterocycles. The highest BCUT2D eigenvalue weighted by Gasteiger charge is 2.49. The van der Waals surface area contributed by atoms with Crippen LogP contribution in [-0.4, -0.2) is 23.4 Å². The zero-order valence-corrected chi connectivity index (χ0v) is 7.49. The number of cyclic esters (lactones) is 2. The monoisotopic (exact) mass is 186 g/mol. The lowest BCUT2D eigenvalue weighted by molar-refractivity contribution is -0.154. The molecule has 0 bridgehead atoms. The van der Waals surface area contributed by atoms with Gasteiger partial charge in [0.15, 0.2) is 0 Å². The largest absolute Gasteiger partial charge is 0.393 e. The first kappa shape index (κ1) is 8.10. The van der Waals surface area contributed by atoms with E-state index in [1.54, 1.807) is 11.8 Å². The van der Waals surface area contributed by atoms with Crippen molar-refractivity contribution in [2.45, 2.75) is 19.3 Å². The van der Waals surface area contributed by atoms with Crippen LogP contribution in [0.1, 0.15) is 19.3 Å². The first-order valence-corrected chi connectivity index (χ1v) is 5.21. The summed E-state index contributed by atoms with van der Waals surface area (Å²) < 4.78 is 4.56. The molecule has 4 heteroatoms. The maximum absolute atomic E-state index is 11.3. The Morgan fingerprint density at radius 1 is 1.42 bits per heavy atom. The van der Waals surface area contributed by atoms with Crippen molar-refractivity contribution < 1.29 is 14.3 Å². The molecule has 0 radical (unpaired) electrons. The molecule has 1 unspecified atom stereocenters. The molecule has 2 rings (SSSR count). The molecule has 0 saturated carbocycles. The number of hydrogen-bond donors (Lipinski definition) is 0. The standard InChI is InChI=1S/C8H10O3S/c9-6-4-8(7(10)11-6)2-1-3-12-5-8/h1-5H2. The molecule has 12 heavy (non-hydrogen) atoms. The molecule has 2 aliphatic rings. The third-order valence-electron chi connectivity index (χ3n) is 2.44. The van der Waals surface area contributed by atoms with E-state index < -0.39 is 5.41 Å². The van der Waals surface area contributed by atoms with Crippen molar-refractivity contribution in [3.63, 3.8) is 0 Å². The molecule has 3 nitrogen and oxygen atoms in total. The molecule has 0 amide bonds. The van der Waals surface area contributed by atoms with Gasteiger partial charge in [0, 0.05) is 5.75 Å². The van der Waals surface area contributed by atoms with Crippen LogP contribution in [0.4, 0.5) is 0 Å². The van der Waals surface area contributed by atoms with Crippen molar-refractivity contribution in [3.05, 3.63) is 0 Å². The van der Waals surface area contributed by atoms with E-state index in [1.807, 2.05) is 0 Å². The summed E-state index contributed by atoms with van der Waals surface area (Å²) in [5.41, 5.74) is -0.444. The second-order valence-electron chi connectivity index (χ2n) is 3.37. The highest BCUT2D eigenvalue weighted by atomic mass is 32.2. The van der Waals surface area contributed by atoms with Crippen LogP contribution >= 0.6 is 11.8 Å². The molecule has 0 aromatic heterocycles. The molecular weight excluding hydrogens is 176 g/mol. The van der Waals surface area contributed by atoms with Gasteiger partial charge in [-0.3, -0.25) is 9.59 Å². The number of esters is 2. The van der Waals surface area contributed by atoms with Crippen LogP contribution in [0.5, 0.6) is 0 Å². The van der Waals surface area contributed by atoms with Crippen molar-refractivity contribution in [1.82, 2.24) is 0 Å². The average molecular weight is 186 g/mol. The van der Waals surface area contributed by atoms with Crippen LogP contribution in [0.2, 0.25) is 0 Å². The van der Waals surface area contributed by atoms with Gasteiger partial charge in [-0.15, -0.1) is 0 Å². The Morgan fingerprint density at radius 3 is 2.75 bits per heavy atom. The highest BCUT2D eigenvalue weighted by Crippen LogP contribution is 2.42. The normalized spacial score (nSPS) is 35.7. The zero-order valence-electron chi connectivity index (χ0n) is 6.67. The summed E-state index contributed by atoms with van der Waals surface area (Å²) in [5.74, 6) is 1.23. The number of thioether (sulfide) groups is 1. The first-order valence-electron chi connectivity index (χ1n) is 4.06. The Balaban J connectivity index is 2.18. The fourth-order valence-corrected chi connectivity index (χ4v) is 3.00. The minimum atomic E-state index is -0.444. The van der Waals surface area contributed by atoms with Gasteiger partial charge in [0.1, 0.15) is 0 Å². The van der Waals surface area contributed by atoms with E-state index in [0.29, 0.717) is 6.42 Å². The first-order chi connectivity index (χ1) is 5.73. The van der Waals surface area contributed by atoms with Crippen molar-refractivity contribution in [2.75, 3.05) is 11.5 Å². The van der Waals surface area contributed by atoms with Crippen LogP contribution in [0, 0.1) is 5.41 Å². The summed E-state index contributed by atoms with van der Waals surface area (Å²) in [6.45, 7) is 0. The van der Waals surface area contributed by atoms with Crippen molar-refractivity contribution in [1.29, 1.82) is 0 Å². The van der Waals surface area contributed by atoms with E-state index in [1.165, 1.54) is 0 Å². The van der Waals surface area contributed by atoms with Crippen LogP contribution in [0.15, 0.2) is 0 Å². The maximum Gasteiger partial charge on any atom is 0.321 e. The third kappa shape index (κ3) is 1.14. The lowest BCUT2D eigenvalue weighted by Crippen LogP contribution is -2.32. The number of rotatable bonds is 0. The molecule has 0 aliphatic carbocycles. The molecule has 0 aromatic rings. The number of ether oxygens (including phenoxy) is 1. The molecule has 1 atom stereocenters. The predicted octanol–water partition coefficient (Wildman–Crippen LogP) is 0.973. The fraction of sp³-hybridized carbons (Fsp3) is 0.750. The van der Waals surface area contributed by atoms with Crippen LogP contribution in [0.3, 0.4) is 0 Å². The van der Waals surface area contributed by atoms with E-state index >= 15 is 0 Å². The summed E-state index contributed by atoms with van der Waals surface area (Å²) in [6, 6.07) is 0. The molecule has 1 spiro atoms. The Bertz CT molecular complexity index is 230. The summed E-state index contributed by atoms with van der Waals surface area (Å²) in [5, 5.41) is 0. The van der Waals surface area contributed by atoms with E-state index in [2.05, 4.69) is 4.74 Å². The van der Waals surface area contributed by atoms with Crippen LogP contribution in [0.25, 0.3) is 0 Å². The van der Waals surface area contributed by atoms with Crippen molar-refractivity contribution in [3.8, 4) is 0 Å². The molecule has 66 valence electrons. The molecule has 0 N–H and O–H groups in total. The van der Waals surface area contributed by atoms with E-state index in [4.69, 9.17) is 0 Å². The third-order valence-corrected chi connectivity index (χ3v) is 3.78. The topological polar surface area (TPSA) is 43.4 Å². The van der Waals surface area contributed by atoms with Gasteiger partial charge in [-0.25, -0.2) is 0 Å². The fourth-order valence-electron chi connectivity index (χ4n) is 1.75. The van der Waals surface area contributed by atoms with Crippen LogP contribution < -0.4 is 0 Å². The highest BCUT2D eigenvalue weighted by molar-refractivity contribution is 7.99. The minimum Gasteiger partial charge on any atom is -0.393 e. The molecule has 0 aromatic carbocycles. The smallest absolute Gasteiger partial charge is 0.321 e. The second kappa shape index (κ2) is 2.76.